The van der Waals surface area contributed by atoms with E-state index in [1.165, 1.54) is 0 Å². The molecule has 0 radical (unpaired) electrons. The molecule has 5 heteroatoms. The number of rotatable bonds is 7. The first-order valence-electron chi connectivity index (χ1n) is 8.16. The zero-order chi connectivity index (χ0) is 18.6. The largest absolute Gasteiger partial charge is 0.497 e. The summed E-state index contributed by atoms with van der Waals surface area (Å²) in [5.74, 6) is 2.54. The van der Waals surface area contributed by atoms with E-state index in [1.807, 2.05) is 32.9 Å². The van der Waals surface area contributed by atoms with Crippen LogP contribution < -0.4 is 18.9 Å². The summed E-state index contributed by atoms with van der Waals surface area (Å²) in [6.45, 7) is 5.76. The Hall–Kier alpha value is -2.40. The molecule has 2 aromatic carbocycles. The second kappa shape index (κ2) is 8.12. The molecule has 0 aliphatic heterocycles. The first-order valence-corrected chi connectivity index (χ1v) is 8.16. The fourth-order valence-electron chi connectivity index (χ4n) is 2.81. The summed E-state index contributed by atoms with van der Waals surface area (Å²) in [7, 11) is 4.78. The minimum Gasteiger partial charge on any atom is -0.497 e. The zero-order valence-electron chi connectivity index (χ0n) is 15.7. The molecule has 0 spiro atoms. The third kappa shape index (κ3) is 3.99. The van der Waals surface area contributed by atoms with Crippen molar-refractivity contribution in [1.29, 1.82) is 0 Å². The van der Waals surface area contributed by atoms with Gasteiger partial charge in [-0.05, 0) is 50.1 Å². The third-order valence-corrected chi connectivity index (χ3v) is 3.83. The number of methoxy groups -OCH3 is 3. The molecule has 0 amide bonds. The average molecular weight is 346 g/mol. The number of aryl methyl sites for hydroxylation is 1. The van der Waals surface area contributed by atoms with Gasteiger partial charge in [0, 0.05) is 11.6 Å². The fraction of sp³-hybridized carbons (Fsp3) is 0.400. The van der Waals surface area contributed by atoms with E-state index in [0.29, 0.717) is 28.6 Å². The minimum atomic E-state index is -0.166. The highest BCUT2D eigenvalue weighted by atomic mass is 16.5. The molecule has 0 saturated carbocycles. The highest BCUT2D eigenvalue weighted by Gasteiger charge is 2.23. The van der Waals surface area contributed by atoms with Crippen LogP contribution >= 0.6 is 0 Å². The molecule has 0 bridgehead atoms. The SMILES string of the molecule is COc1cc(CO)c(-c2c(OC)cc(C)cc2OC(C)C)c(OC)c1. The molecule has 0 heterocycles. The van der Waals surface area contributed by atoms with Crippen molar-refractivity contribution in [3.8, 4) is 34.1 Å². The first kappa shape index (κ1) is 18.9. The van der Waals surface area contributed by atoms with Gasteiger partial charge in [0.25, 0.3) is 0 Å². The third-order valence-electron chi connectivity index (χ3n) is 3.83. The van der Waals surface area contributed by atoms with Crippen LogP contribution in [0.3, 0.4) is 0 Å². The smallest absolute Gasteiger partial charge is 0.131 e. The molecule has 0 unspecified atom stereocenters. The van der Waals surface area contributed by atoms with Gasteiger partial charge in [0.05, 0.1) is 39.6 Å². The van der Waals surface area contributed by atoms with Crippen LogP contribution in [0.1, 0.15) is 25.0 Å². The lowest BCUT2D eigenvalue weighted by molar-refractivity contribution is 0.242. The molecular formula is C20H26O5. The van der Waals surface area contributed by atoms with Gasteiger partial charge in [-0.15, -0.1) is 0 Å². The van der Waals surface area contributed by atoms with Gasteiger partial charge in [-0.25, -0.2) is 0 Å². The van der Waals surface area contributed by atoms with E-state index in [2.05, 4.69) is 0 Å². The Bertz CT molecular complexity index is 712. The number of hydrogen-bond donors (Lipinski definition) is 1. The Kier molecular flexibility index (Phi) is 6.15. The van der Waals surface area contributed by atoms with Crippen molar-refractivity contribution in [2.24, 2.45) is 0 Å². The number of aliphatic hydroxyl groups is 1. The van der Waals surface area contributed by atoms with Gasteiger partial charge in [-0.3, -0.25) is 0 Å². The summed E-state index contributed by atoms with van der Waals surface area (Å²) in [5, 5.41) is 9.92. The highest BCUT2D eigenvalue weighted by Crippen LogP contribution is 2.47. The quantitative estimate of drug-likeness (QED) is 0.822. The number of ether oxygens (including phenoxy) is 4. The molecule has 2 aromatic rings. The summed E-state index contributed by atoms with van der Waals surface area (Å²) >= 11 is 0. The predicted molar refractivity (Wildman–Crippen MR) is 98.0 cm³/mol. The lowest BCUT2D eigenvalue weighted by atomic mass is 9.95. The van der Waals surface area contributed by atoms with Crippen LogP contribution in [-0.4, -0.2) is 32.5 Å². The van der Waals surface area contributed by atoms with Crippen molar-refractivity contribution in [2.45, 2.75) is 33.5 Å². The molecular weight excluding hydrogens is 320 g/mol. The molecule has 1 N–H and O–H groups in total. The molecule has 25 heavy (non-hydrogen) atoms. The van der Waals surface area contributed by atoms with Crippen LogP contribution in [0.5, 0.6) is 23.0 Å². The summed E-state index contributed by atoms with van der Waals surface area (Å²) in [5.41, 5.74) is 3.19. The van der Waals surface area contributed by atoms with Gasteiger partial charge in [0.2, 0.25) is 0 Å². The minimum absolute atomic E-state index is 0.00734. The van der Waals surface area contributed by atoms with Crippen LogP contribution in [0.4, 0.5) is 0 Å². The lowest BCUT2D eigenvalue weighted by Gasteiger charge is -2.22. The molecule has 0 aliphatic rings. The second-order valence-electron chi connectivity index (χ2n) is 6.03. The molecule has 136 valence electrons. The van der Waals surface area contributed by atoms with Crippen LogP contribution in [0.15, 0.2) is 24.3 Å². The van der Waals surface area contributed by atoms with Crippen molar-refractivity contribution in [1.82, 2.24) is 0 Å². The summed E-state index contributed by atoms with van der Waals surface area (Å²) in [6.07, 6.45) is -0.00734. The van der Waals surface area contributed by atoms with Gasteiger partial charge >= 0.3 is 0 Å². The zero-order valence-corrected chi connectivity index (χ0v) is 15.7. The normalized spacial score (nSPS) is 10.7. The summed E-state index contributed by atoms with van der Waals surface area (Å²) in [6, 6.07) is 7.47. The Morgan fingerprint density at radius 2 is 1.44 bits per heavy atom. The van der Waals surface area contributed by atoms with Crippen molar-refractivity contribution in [3.63, 3.8) is 0 Å². The second-order valence-corrected chi connectivity index (χ2v) is 6.03. The van der Waals surface area contributed by atoms with Crippen molar-refractivity contribution < 1.29 is 24.1 Å². The molecule has 0 atom stereocenters. The Morgan fingerprint density at radius 3 is 1.96 bits per heavy atom. The van der Waals surface area contributed by atoms with Crippen molar-refractivity contribution in [2.75, 3.05) is 21.3 Å². The van der Waals surface area contributed by atoms with Crippen molar-refractivity contribution >= 4 is 0 Å². The van der Waals surface area contributed by atoms with E-state index in [0.717, 1.165) is 16.7 Å². The van der Waals surface area contributed by atoms with Crippen LogP contribution in [0, 0.1) is 6.92 Å². The van der Waals surface area contributed by atoms with Gasteiger partial charge in [0.1, 0.15) is 23.0 Å². The van der Waals surface area contributed by atoms with E-state index in [4.69, 9.17) is 18.9 Å². The van der Waals surface area contributed by atoms with Gasteiger partial charge in [-0.2, -0.15) is 0 Å². The van der Waals surface area contributed by atoms with E-state index in [1.54, 1.807) is 33.5 Å². The maximum absolute atomic E-state index is 9.92. The monoisotopic (exact) mass is 346 g/mol. The standard InChI is InChI=1S/C20H26O5/c1-12(2)25-18-8-13(3)7-16(23-5)20(18)19-14(11-21)9-15(22-4)10-17(19)24-6/h7-10,12,21H,11H2,1-6H3. The van der Waals surface area contributed by atoms with Gasteiger partial charge in [-0.1, -0.05) is 0 Å². The molecule has 0 saturated heterocycles. The van der Waals surface area contributed by atoms with E-state index < -0.39 is 0 Å². The number of benzene rings is 2. The number of hydrogen-bond acceptors (Lipinski definition) is 5. The Labute approximate surface area is 149 Å². The Balaban J connectivity index is 2.84. The Morgan fingerprint density at radius 1 is 0.840 bits per heavy atom. The molecule has 5 nitrogen and oxygen atoms in total. The van der Waals surface area contributed by atoms with Crippen LogP contribution in [0.2, 0.25) is 0 Å². The molecule has 0 fully saturated rings. The fourth-order valence-corrected chi connectivity index (χ4v) is 2.81. The van der Waals surface area contributed by atoms with E-state index >= 15 is 0 Å². The summed E-state index contributed by atoms with van der Waals surface area (Å²) in [4.78, 5) is 0. The van der Waals surface area contributed by atoms with Gasteiger partial charge < -0.3 is 24.1 Å². The van der Waals surface area contributed by atoms with Gasteiger partial charge in [0.15, 0.2) is 0 Å². The topological polar surface area (TPSA) is 57.2 Å². The van der Waals surface area contributed by atoms with E-state index in [9.17, 15) is 5.11 Å². The average Bonchev–Trinajstić information content (AvgIpc) is 2.59. The first-order chi connectivity index (χ1) is 11.9. The maximum atomic E-state index is 9.92. The maximum Gasteiger partial charge on any atom is 0.131 e. The highest BCUT2D eigenvalue weighted by molar-refractivity contribution is 5.84. The predicted octanol–water partition coefficient (Wildman–Crippen LogP) is 3.97. The van der Waals surface area contributed by atoms with Crippen LogP contribution in [-0.2, 0) is 6.61 Å². The summed E-state index contributed by atoms with van der Waals surface area (Å²) < 4.78 is 22.5. The molecule has 0 aliphatic carbocycles. The van der Waals surface area contributed by atoms with Crippen LogP contribution in [0.25, 0.3) is 11.1 Å². The molecule has 2 rings (SSSR count). The number of aliphatic hydroxyl groups excluding tert-OH is 1. The lowest BCUT2D eigenvalue weighted by Crippen LogP contribution is -2.08. The van der Waals surface area contributed by atoms with Crippen molar-refractivity contribution in [3.05, 3.63) is 35.4 Å². The van der Waals surface area contributed by atoms with E-state index in [-0.39, 0.29) is 12.7 Å². The molecule has 0 aromatic heterocycles.